The van der Waals surface area contributed by atoms with Crippen LogP contribution in [0.15, 0.2) is 18.2 Å². The topological polar surface area (TPSA) is 35.5 Å². The molecule has 0 fully saturated rings. The number of Topliss-reactive ketones (excluding diaryl/α,β-unsaturated/α-hetero) is 1. The molecule has 0 saturated carbocycles. The normalized spacial score (nSPS) is 11.4. The lowest BCUT2D eigenvalue weighted by Gasteiger charge is -2.22. The minimum absolute atomic E-state index is 0.0358. The number of hydrogen-bond donors (Lipinski definition) is 0. The zero-order valence-electron chi connectivity index (χ0n) is 11.2. The van der Waals surface area contributed by atoms with Gasteiger partial charge in [-0.25, -0.2) is 0 Å². The Hall–Kier alpha value is -1.06. The highest BCUT2D eigenvalue weighted by Gasteiger charge is 2.20. The minimum Gasteiger partial charge on any atom is -0.496 e. The Labute approximate surface area is 113 Å². The van der Waals surface area contributed by atoms with Gasteiger partial charge in [-0.05, 0) is 38.5 Å². The van der Waals surface area contributed by atoms with Crippen LogP contribution in [0.5, 0.6) is 5.75 Å². The Morgan fingerprint density at radius 3 is 2.56 bits per heavy atom. The number of halogens is 1. The van der Waals surface area contributed by atoms with Crippen LogP contribution in [-0.2, 0) is 4.74 Å². The Balaban J connectivity index is 2.79. The highest BCUT2D eigenvalue weighted by Crippen LogP contribution is 2.26. The lowest BCUT2D eigenvalue weighted by atomic mass is 9.97. The first-order valence-corrected chi connectivity index (χ1v) is 6.19. The van der Waals surface area contributed by atoms with Gasteiger partial charge in [-0.3, -0.25) is 4.79 Å². The summed E-state index contributed by atoms with van der Waals surface area (Å²) in [6.07, 6.45) is 1.08. The fourth-order valence-electron chi connectivity index (χ4n) is 1.55. The van der Waals surface area contributed by atoms with E-state index < -0.39 is 0 Å². The monoisotopic (exact) mass is 270 g/mol. The molecule has 0 heterocycles. The Morgan fingerprint density at radius 1 is 1.33 bits per heavy atom. The van der Waals surface area contributed by atoms with Gasteiger partial charge in [0.1, 0.15) is 5.75 Å². The minimum atomic E-state index is -0.296. The predicted octanol–water partition coefficient (Wildman–Crippen LogP) is 3.74. The summed E-state index contributed by atoms with van der Waals surface area (Å²) in [7, 11) is 3.18. The van der Waals surface area contributed by atoms with Crippen molar-refractivity contribution in [1.82, 2.24) is 0 Å². The summed E-state index contributed by atoms with van der Waals surface area (Å²) in [6.45, 7) is 3.92. The summed E-state index contributed by atoms with van der Waals surface area (Å²) in [5.41, 5.74) is 0.267. The van der Waals surface area contributed by atoms with E-state index in [0.717, 1.165) is 0 Å². The van der Waals surface area contributed by atoms with E-state index in [1.807, 2.05) is 13.8 Å². The molecular weight excluding hydrogens is 252 g/mol. The average Bonchev–Trinajstić information content (AvgIpc) is 2.36. The second-order valence-electron chi connectivity index (χ2n) is 4.73. The van der Waals surface area contributed by atoms with Gasteiger partial charge in [0.2, 0.25) is 0 Å². The van der Waals surface area contributed by atoms with Crippen molar-refractivity contribution in [3.63, 3.8) is 0 Å². The third kappa shape index (κ3) is 4.00. The predicted molar refractivity (Wildman–Crippen MR) is 72.7 cm³/mol. The van der Waals surface area contributed by atoms with Crippen LogP contribution >= 0.6 is 11.6 Å². The number of ether oxygens (including phenoxy) is 2. The SMILES string of the molecule is COc1cc(Cl)ccc1C(=O)CCC(C)(C)OC. The van der Waals surface area contributed by atoms with E-state index in [4.69, 9.17) is 21.1 Å². The van der Waals surface area contributed by atoms with Crippen molar-refractivity contribution in [2.45, 2.75) is 32.3 Å². The van der Waals surface area contributed by atoms with Gasteiger partial charge in [0, 0.05) is 18.6 Å². The molecule has 18 heavy (non-hydrogen) atoms. The Bertz CT molecular complexity index is 427. The van der Waals surface area contributed by atoms with E-state index in [0.29, 0.717) is 29.2 Å². The average molecular weight is 271 g/mol. The van der Waals surface area contributed by atoms with E-state index in [-0.39, 0.29) is 11.4 Å². The van der Waals surface area contributed by atoms with Gasteiger partial charge >= 0.3 is 0 Å². The largest absolute Gasteiger partial charge is 0.496 e. The molecule has 0 radical (unpaired) electrons. The molecule has 0 aliphatic heterocycles. The van der Waals surface area contributed by atoms with Crippen molar-refractivity contribution >= 4 is 17.4 Å². The maximum absolute atomic E-state index is 12.1. The molecule has 1 rings (SSSR count). The summed E-state index contributed by atoms with van der Waals surface area (Å²) >= 11 is 5.86. The van der Waals surface area contributed by atoms with Gasteiger partial charge in [0.05, 0.1) is 18.3 Å². The first-order chi connectivity index (χ1) is 8.39. The molecule has 1 aromatic carbocycles. The van der Waals surface area contributed by atoms with Crippen molar-refractivity contribution in [2.75, 3.05) is 14.2 Å². The summed E-state index contributed by atoms with van der Waals surface area (Å²) in [5.74, 6) is 0.552. The van der Waals surface area contributed by atoms with Crippen molar-refractivity contribution in [3.8, 4) is 5.75 Å². The fraction of sp³-hybridized carbons (Fsp3) is 0.500. The molecule has 0 atom stereocenters. The number of ketones is 1. The van der Waals surface area contributed by atoms with Crippen LogP contribution in [0.2, 0.25) is 5.02 Å². The standard InChI is InChI=1S/C14H19ClO3/c1-14(2,18-4)8-7-12(16)11-6-5-10(15)9-13(11)17-3/h5-6,9H,7-8H2,1-4H3. The summed E-state index contributed by atoms with van der Waals surface area (Å²) in [5, 5.41) is 0.556. The van der Waals surface area contributed by atoms with Crippen LogP contribution < -0.4 is 4.74 Å². The van der Waals surface area contributed by atoms with Gasteiger partial charge in [-0.2, -0.15) is 0 Å². The fourth-order valence-corrected chi connectivity index (χ4v) is 1.71. The Kier molecular flexibility index (Phi) is 5.17. The molecule has 0 aliphatic rings. The molecule has 0 aliphatic carbocycles. The summed E-state index contributed by atoms with van der Waals surface area (Å²) < 4.78 is 10.5. The van der Waals surface area contributed by atoms with Crippen molar-refractivity contribution in [3.05, 3.63) is 28.8 Å². The number of benzene rings is 1. The molecule has 100 valence electrons. The van der Waals surface area contributed by atoms with Gasteiger partial charge in [-0.1, -0.05) is 11.6 Å². The summed E-state index contributed by atoms with van der Waals surface area (Å²) in [4.78, 5) is 12.1. The smallest absolute Gasteiger partial charge is 0.166 e. The highest BCUT2D eigenvalue weighted by atomic mass is 35.5. The Morgan fingerprint density at radius 2 is 2.00 bits per heavy atom. The molecule has 0 saturated heterocycles. The lowest BCUT2D eigenvalue weighted by molar-refractivity contribution is 0.0141. The van der Waals surface area contributed by atoms with Crippen LogP contribution in [0.1, 0.15) is 37.0 Å². The molecule has 3 nitrogen and oxygen atoms in total. The van der Waals surface area contributed by atoms with Crippen LogP contribution in [0.25, 0.3) is 0 Å². The molecule has 0 spiro atoms. The molecule has 0 bridgehead atoms. The van der Waals surface area contributed by atoms with E-state index >= 15 is 0 Å². The van der Waals surface area contributed by atoms with E-state index in [2.05, 4.69) is 0 Å². The second-order valence-corrected chi connectivity index (χ2v) is 5.17. The molecular formula is C14H19ClO3. The van der Waals surface area contributed by atoms with Crippen molar-refractivity contribution < 1.29 is 14.3 Å². The zero-order chi connectivity index (χ0) is 13.8. The number of carbonyl (C=O) groups excluding carboxylic acids is 1. The maximum Gasteiger partial charge on any atom is 0.166 e. The highest BCUT2D eigenvalue weighted by molar-refractivity contribution is 6.30. The van der Waals surface area contributed by atoms with E-state index in [1.54, 1.807) is 25.3 Å². The first-order valence-electron chi connectivity index (χ1n) is 5.81. The second kappa shape index (κ2) is 6.21. The molecule has 4 heteroatoms. The van der Waals surface area contributed by atoms with Crippen LogP contribution in [0.3, 0.4) is 0 Å². The number of hydrogen-bond acceptors (Lipinski definition) is 3. The maximum atomic E-state index is 12.1. The quantitative estimate of drug-likeness (QED) is 0.739. The van der Waals surface area contributed by atoms with Crippen molar-refractivity contribution in [1.29, 1.82) is 0 Å². The van der Waals surface area contributed by atoms with E-state index in [1.165, 1.54) is 7.11 Å². The third-order valence-electron chi connectivity index (χ3n) is 2.97. The summed E-state index contributed by atoms with van der Waals surface area (Å²) in [6, 6.07) is 5.04. The molecule has 0 N–H and O–H groups in total. The number of rotatable bonds is 6. The third-order valence-corrected chi connectivity index (χ3v) is 3.21. The van der Waals surface area contributed by atoms with Gasteiger partial charge in [0.25, 0.3) is 0 Å². The zero-order valence-corrected chi connectivity index (χ0v) is 12.0. The van der Waals surface area contributed by atoms with Crippen LogP contribution in [0.4, 0.5) is 0 Å². The van der Waals surface area contributed by atoms with Crippen LogP contribution in [-0.4, -0.2) is 25.6 Å². The van der Waals surface area contributed by atoms with Gasteiger partial charge < -0.3 is 9.47 Å². The van der Waals surface area contributed by atoms with Crippen LogP contribution in [0, 0.1) is 0 Å². The molecule has 0 aromatic heterocycles. The number of carbonyl (C=O) groups is 1. The van der Waals surface area contributed by atoms with Gasteiger partial charge in [-0.15, -0.1) is 0 Å². The van der Waals surface area contributed by atoms with Crippen molar-refractivity contribution in [2.24, 2.45) is 0 Å². The molecule has 0 unspecified atom stereocenters. The molecule has 0 amide bonds. The first kappa shape index (κ1) is 15.0. The van der Waals surface area contributed by atoms with E-state index in [9.17, 15) is 4.79 Å². The molecule has 1 aromatic rings. The van der Waals surface area contributed by atoms with Gasteiger partial charge in [0.15, 0.2) is 5.78 Å². The lowest BCUT2D eigenvalue weighted by Crippen LogP contribution is -2.23. The number of methoxy groups -OCH3 is 2.